The summed E-state index contributed by atoms with van der Waals surface area (Å²) in [5, 5.41) is 14.9. The van der Waals surface area contributed by atoms with Gasteiger partial charge in [0.1, 0.15) is 5.00 Å². The molecule has 0 fully saturated rings. The van der Waals surface area contributed by atoms with E-state index in [2.05, 4.69) is 5.32 Å². The van der Waals surface area contributed by atoms with Crippen molar-refractivity contribution in [1.29, 1.82) is 0 Å². The maximum Gasteiger partial charge on any atom is 0.341 e. The van der Waals surface area contributed by atoms with Gasteiger partial charge < -0.3 is 14.8 Å². The molecule has 0 radical (unpaired) electrons. The lowest BCUT2D eigenvalue weighted by Crippen LogP contribution is -2.23. The van der Waals surface area contributed by atoms with Crippen molar-refractivity contribution < 1.29 is 28.8 Å². The number of hydrogen-bond acceptors (Lipinski definition) is 9. The van der Waals surface area contributed by atoms with Gasteiger partial charge in [0.25, 0.3) is 11.6 Å². The Bertz CT molecular complexity index is 1810. The number of allylic oxidation sites excluding steroid dienone is 1. The van der Waals surface area contributed by atoms with Crippen molar-refractivity contribution in [2.24, 2.45) is 0 Å². The summed E-state index contributed by atoms with van der Waals surface area (Å²) in [4.78, 5) is 55.5. The lowest BCUT2D eigenvalue weighted by atomic mass is 9.86. The number of fused-ring (bicyclic) bond motifs is 2. The number of pyridine rings is 1. The van der Waals surface area contributed by atoms with Crippen molar-refractivity contribution in [3.8, 4) is 0 Å². The SMILES string of the molecule is CCOC(=O)c1c(NC(=O)COC(=O)c2c3c(nc4ccccc24)/C(=C\c2cccc([N+](=O)[O-])c2)CCC3)sc(C)c1C. The largest absolute Gasteiger partial charge is 0.462 e. The van der Waals surface area contributed by atoms with Gasteiger partial charge in [-0.3, -0.25) is 14.9 Å². The van der Waals surface area contributed by atoms with Gasteiger partial charge in [-0.1, -0.05) is 30.3 Å². The molecule has 0 saturated heterocycles. The Labute approximate surface area is 251 Å². The number of aryl methyl sites for hydroxylation is 1. The molecule has 5 rings (SSSR count). The van der Waals surface area contributed by atoms with Crippen LogP contribution in [0.1, 0.15) is 67.7 Å². The number of nitro groups is 1. The molecule has 11 heteroatoms. The number of nitrogens with zero attached hydrogens (tertiary/aromatic N) is 2. The highest BCUT2D eigenvalue weighted by atomic mass is 32.1. The molecule has 1 N–H and O–H groups in total. The Morgan fingerprint density at radius 2 is 1.81 bits per heavy atom. The van der Waals surface area contributed by atoms with Crippen LogP contribution in [0.2, 0.25) is 0 Å². The lowest BCUT2D eigenvalue weighted by molar-refractivity contribution is -0.384. The number of carbonyl (C=O) groups excluding carboxylic acids is 3. The van der Waals surface area contributed by atoms with E-state index in [1.165, 1.54) is 23.5 Å². The minimum atomic E-state index is -0.661. The van der Waals surface area contributed by atoms with Crippen molar-refractivity contribution >= 4 is 62.4 Å². The number of rotatable bonds is 8. The van der Waals surface area contributed by atoms with Crippen molar-refractivity contribution in [2.45, 2.75) is 40.0 Å². The fourth-order valence-corrected chi connectivity index (χ4v) is 6.23. The maximum atomic E-state index is 13.6. The predicted molar refractivity (Wildman–Crippen MR) is 164 cm³/mol. The molecular weight excluding hydrogens is 570 g/mol. The molecular formula is C32H29N3O7S. The minimum Gasteiger partial charge on any atom is -0.462 e. The molecule has 0 saturated carbocycles. The number of amides is 1. The first kappa shape index (κ1) is 29.6. The third-order valence-corrected chi connectivity index (χ3v) is 8.37. The number of esters is 2. The number of nitro benzene ring substituents is 1. The summed E-state index contributed by atoms with van der Waals surface area (Å²) in [6.45, 7) is 4.98. The monoisotopic (exact) mass is 599 g/mol. The first-order chi connectivity index (χ1) is 20.7. The normalized spacial score (nSPS) is 13.4. The second kappa shape index (κ2) is 12.5. The molecule has 0 unspecified atom stereocenters. The number of anilines is 1. The van der Waals surface area contributed by atoms with Crippen LogP contribution < -0.4 is 5.32 Å². The molecule has 2 aromatic carbocycles. The zero-order valence-corrected chi connectivity index (χ0v) is 24.7. The molecule has 0 atom stereocenters. The molecule has 2 aromatic heterocycles. The van der Waals surface area contributed by atoms with E-state index in [1.807, 2.05) is 19.1 Å². The van der Waals surface area contributed by atoms with Crippen molar-refractivity contribution in [3.05, 3.63) is 97.0 Å². The van der Waals surface area contributed by atoms with Gasteiger partial charge in [-0.2, -0.15) is 0 Å². The minimum absolute atomic E-state index is 0.0124. The smallest absolute Gasteiger partial charge is 0.341 e. The Morgan fingerprint density at radius 3 is 2.58 bits per heavy atom. The van der Waals surface area contributed by atoms with Crippen LogP contribution in [0.4, 0.5) is 10.7 Å². The van der Waals surface area contributed by atoms with E-state index in [0.29, 0.717) is 56.7 Å². The van der Waals surface area contributed by atoms with Crippen molar-refractivity contribution in [2.75, 3.05) is 18.5 Å². The van der Waals surface area contributed by atoms with Gasteiger partial charge in [-0.25, -0.2) is 14.6 Å². The highest BCUT2D eigenvalue weighted by molar-refractivity contribution is 7.16. The number of thiophene rings is 1. The van der Waals surface area contributed by atoms with Gasteiger partial charge in [-0.15, -0.1) is 11.3 Å². The van der Waals surface area contributed by atoms with E-state index in [1.54, 1.807) is 44.2 Å². The summed E-state index contributed by atoms with van der Waals surface area (Å²) in [6.07, 6.45) is 3.86. The second-order valence-corrected chi connectivity index (χ2v) is 11.3. The van der Waals surface area contributed by atoms with Crippen LogP contribution in [0.5, 0.6) is 0 Å². The van der Waals surface area contributed by atoms with Crippen LogP contribution in [-0.2, 0) is 20.7 Å². The zero-order chi connectivity index (χ0) is 30.7. The molecule has 2 heterocycles. The molecule has 220 valence electrons. The topological polar surface area (TPSA) is 138 Å². The summed E-state index contributed by atoms with van der Waals surface area (Å²) in [7, 11) is 0. The quantitative estimate of drug-likeness (QED) is 0.135. The number of para-hydroxylation sites is 1. The Kier molecular flexibility index (Phi) is 8.63. The molecule has 4 aromatic rings. The fraction of sp³-hybridized carbons (Fsp3) is 0.250. The van der Waals surface area contributed by atoms with Gasteiger partial charge in [-0.05, 0) is 74.4 Å². The van der Waals surface area contributed by atoms with Crippen LogP contribution >= 0.6 is 11.3 Å². The number of aromatic nitrogens is 1. The van der Waals surface area contributed by atoms with E-state index in [-0.39, 0.29) is 12.3 Å². The van der Waals surface area contributed by atoms with Gasteiger partial charge in [0, 0.05) is 22.4 Å². The van der Waals surface area contributed by atoms with Crippen LogP contribution in [0, 0.1) is 24.0 Å². The molecule has 1 aliphatic carbocycles. The number of hydrogen-bond donors (Lipinski definition) is 1. The summed E-state index contributed by atoms with van der Waals surface area (Å²) in [5.41, 5.74) is 4.80. The molecule has 0 spiro atoms. The number of carbonyl (C=O) groups is 3. The predicted octanol–water partition coefficient (Wildman–Crippen LogP) is 6.67. The average molecular weight is 600 g/mol. The zero-order valence-electron chi connectivity index (χ0n) is 23.9. The fourth-order valence-electron chi connectivity index (χ4n) is 5.17. The number of ether oxygens (including phenoxy) is 2. The Morgan fingerprint density at radius 1 is 1.05 bits per heavy atom. The highest BCUT2D eigenvalue weighted by Gasteiger charge is 2.27. The third-order valence-electron chi connectivity index (χ3n) is 7.25. The molecule has 10 nitrogen and oxygen atoms in total. The third kappa shape index (κ3) is 6.17. The number of non-ortho nitro benzene ring substituents is 1. The summed E-state index contributed by atoms with van der Waals surface area (Å²) >= 11 is 1.25. The first-order valence-electron chi connectivity index (χ1n) is 13.8. The maximum absolute atomic E-state index is 13.6. The van der Waals surface area contributed by atoms with Crippen LogP contribution in [0.25, 0.3) is 22.6 Å². The molecule has 0 aliphatic heterocycles. The van der Waals surface area contributed by atoms with E-state index in [0.717, 1.165) is 22.4 Å². The van der Waals surface area contributed by atoms with Gasteiger partial charge in [0.2, 0.25) is 0 Å². The van der Waals surface area contributed by atoms with Crippen molar-refractivity contribution in [1.82, 2.24) is 4.98 Å². The van der Waals surface area contributed by atoms with E-state index >= 15 is 0 Å². The summed E-state index contributed by atoms with van der Waals surface area (Å²) < 4.78 is 10.7. The second-order valence-electron chi connectivity index (χ2n) is 10.0. The van der Waals surface area contributed by atoms with Gasteiger partial charge >= 0.3 is 11.9 Å². The Hall–Kier alpha value is -4.90. The lowest BCUT2D eigenvalue weighted by Gasteiger charge is -2.22. The molecule has 1 aliphatic rings. The summed E-state index contributed by atoms with van der Waals surface area (Å²) in [5.74, 6) is -1.77. The van der Waals surface area contributed by atoms with Crippen molar-refractivity contribution in [3.63, 3.8) is 0 Å². The molecule has 0 bridgehead atoms. The van der Waals surface area contributed by atoms with Crippen LogP contribution in [0.15, 0.2) is 48.5 Å². The highest BCUT2D eigenvalue weighted by Crippen LogP contribution is 2.37. The molecule has 1 amide bonds. The van der Waals surface area contributed by atoms with E-state index < -0.39 is 29.4 Å². The number of nitrogens with one attached hydrogen (secondary N) is 1. The molecule has 43 heavy (non-hydrogen) atoms. The standard InChI is InChI=1S/C32H29N3O7S/c1-4-41-31(37)27-18(2)19(3)43-30(27)34-26(36)17-42-32(38)28-23-12-5-6-14-25(23)33-29-21(10-8-13-24(28)29)15-20-9-7-11-22(16-20)35(39)40/h5-7,9,11-12,14-16H,4,8,10,13,17H2,1-3H3,(H,34,36)/b21-15-. The summed E-state index contributed by atoms with van der Waals surface area (Å²) in [6, 6.07) is 13.6. The first-order valence-corrected chi connectivity index (χ1v) is 14.6. The van der Waals surface area contributed by atoms with Crippen LogP contribution in [0.3, 0.4) is 0 Å². The van der Waals surface area contributed by atoms with Gasteiger partial charge in [0.05, 0.1) is 33.9 Å². The van der Waals surface area contributed by atoms with Gasteiger partial charge in [0.15, 0.2) is 6.61 Å². The van der Waals surface area contributed by atoms with E-state index in [4.69, 9.17) is 14.5 Å². The number of benzene rings is 2. The average Bonchev–Trinajstić information content (AvgIpc) is 3.27. The van der Waals surface area contributed by atoms with E-state index in [9.17, 15) is 24.5 Å². The Balaban J connectivity index is 1.43. The van der Waals surface area contributed by atoms with Crippen LogP contribution in [-0.4, -0.2) is 41.0 Å².